The predicted molar refractivity (Wildman–Crippen MR) is 170 cm³/mol. The summed E-state index contributed by atoms with van der Waals surface area (Å²) in [4.78, 5) is 35.6. The molecule has 1 saturated carbocycles. The van der Waals surface area contributed by atoms with Gasteiger partial charge in [-0.15, -0.1) is 6.58 Å². The van der Waals surface area contributed by atoms with E-state index in [2.05, 4.69) is 28.4 Å². The highest BCUT2D eigenvalue weighted by Gasteiger charge is 2.42. The zero-order valence-electron chi connectivity index (χ0n) is 25.9. The summed E-state index contributed by atoms with van der Waals surface area (Å²) in [5, 5.41) is 3.53. The zero-order valence-corrected chi connectivity index (χ0v) is 26.6. The molecule has 1 heterocycles. The van der Waals surface area contributed by atoms with E-state index >= 15 is 0 Å². The number of aliphatic imine (C=N–C) groups is 1. The Kier molecular flexibility index (Phi) is 11.7. The number of amides is 2. The maximum Gasteiger partial charge on any atom is 0.410 e. The summed E-state index contributed by atoms with van der Waals surface area (Å²) in [6, 6.07) is 5.15. The lowest BCUT2D eigenvalue weighted by Crippen LogP contribution is -2.50. The summed E-state index contributed by atoms with van der Waals surface area (Å²) in [6.07, 6.45) is 6.54. The molecule has 0 spiro atoms. The molecule has 0 radical (unpaired) electrons. The summed E-state index contributed by atoms with van der Waals surface area (Å²) >= 11 is 6.53. The number of carbonyl (C=O) groups excluding carboxylic acids is 2. The third kappa shape index (κ3) is 9.91. The van der Waals surface area contributed by atoms with Crippen molar-refractivity contribution < 1.29 is 19.1 Å². The van der Waals surface area contributed by atoms with Gasteiger partial charge in [0.15, 0.2) is 0 Å². The zero-order chi connectivity index (χ0) is 31.0. The highest BCUT2D eigenvalue weighted by molar-refractivity contribution is 6.30. The number of ether oxygens (including phenoxy) is 2. The molecule has 1 aliphatic carbocycles. The Balaban J connectivity index is 1.91. The Morgan fingerprint density at radius 1 is 1.19 bits per heavy atom. The first-order valence-corrected chi connectivity index (χ1v) is 14.8. The van der Waals surface area contributed by atoms with Crippen LogP contribution < -0.4 is 5.32 Å². The normalized spacial score (nSPS) is 18.1. The van der Waals surface area contributed by atoms with Crippen LogP contribution in [0.2, 0.25) is 5.02 Å². The van der Waals surface area contributed by atoms with E-state index in [-0.39, 0.29) is 18.2 Å². The Morgan fingerprint density at radius 2 is 1.86 bits per heavy atom. The lowest BCUT2D eigenvalue weighted by atomic mass is 9.88. The van der Waals surface area contributed by atoms with Crippen molar-refractivity contribution in [3.05, 3.63) is 65.4 Å². The second-order valence-corrected chi connectivity index (χ2v) is 12.4. The number of halogens is 1. The van der Waals surface area contributed by atoms with E-state index < -0.39 is 17.7 Å². The number of carbonyl (C=O) groups is 2. The Bertz CT molecular complexity index is 1200. The van der Waals surface area contributed by atoms with Gasteiger partial charge in [-0.2, -0.15) is 0 Å². The highest BCUT2D eigenvalue weighted by atomic mass is 35.5. The van der Waals surface area contributed by atoms with Gasteiger partial charge in [-0.05, 0) is 81.9 Å². The molecular formula is C32H46ClN5O4. The lowest BCUT2D eigenvalue weighted by molar-refractivity contribution is 0.0476. The van der Waals surface area contributed by atoms with Gasteiger partial charge >= 0.3 is 12.2 Å². The molecule has 1 saturated heterocycles. The van der Waals surface area contributed by atoms with Crippen molar-refractivity contribution in [1.29, 1.82) is 0 Å². The van der Waals surface area contributed by atoms with Crippen LogP contribution >= 0.6 is 11.6 Å². The van der Waals surface area contributed by atoms with Crippen molar-refractivity contribution in [3.63, 3.8) is 0 Å². The molecule has 0 aromatic heterocycles. The molecule has 230 valence electrons. The molecule has 3 rings (SSSR count). The number of hydrogen-bond acceptors (Lipinski definition) is 6. The van der Waals surface area contributed by atoms with Gasteiger partial charge in [0, 0.05) is 57.5 Å². The Hall–Kier alpha value is -3.30. The van der Waals surface area contributed by atoms with Gasteiger partial charge in [-0.3, -0.25) is 4.90 Å². The van der Waals surface area contributed by atoms with Gasteiger partial charge in [0.05, 0.1) is 18.5 Å². The van der Waals surface area contributed by atoms with Crippen molar-refractivity contribution in [2.24, 2.45) is 4.99 Å². The molecule has 2 fully saturated rings. The largest absolute Gasteiger partial charge is 0.447 e. The van der Waals surface area contributed by atoms with Gasteiger partial charge in [0.25, 0.3) is 0 Å². The SMILES string of the molecule is C=C(C)CC(c1ccc(Cl)cc1C(=C)C(/C=C/N=CN(C)C)NC(=O)OC1(C)CC1)N1CCN(C(=O)OC(C)C)CC1. The summed E-state index contributed by atoms with van der Waals surface area (Å²) in [5.41, 5.74) is 3.12. The monoisotopic (exact) mass is 599 g/mol. The van der Waals surface area contributed by atoms with Crippen LogP contribution in [0.4, 0.5) is 9.59 Å². The molecule has 1 aliphatic heterocycles. The molecule has 2 amide bonds. The third-order valence-corrected chi connectivity index (χ3v) is 7.45. The third-order valence-electron chi connectivity index (χ3n) is 7.22. The van der Waals surface area contributed by atoms with E-state index in [9.17, 15) is 9.59 Å². The minimum atomic E-state index is -0.593. The fraction of sp³-hybridized carbons (Fsp3) is 0.531. The van der Waals surface area contributed by atoms with Crippen LogP contribution in [0.5, 0.6) is 0 Å². The van der Waals surface area contributed by atoms with Gasteiger partial charge < -0.3 is 24.6 Å². The average molecular weight is 600 g/mol. The topological polar surface area (TPSA) is 86.7 Å². The van der Waals surface area contributed by atoms with Crippen LogP contribution in [-0.4, -0.2) is 91.2 Å². The number of benzene rings is 1. The molecule has 1 N–H and O–H groups in total. The Morgan fingerprint density at radius 3 is 2.43 bits per heavy atom. The smallest absolute Gasteiger partial charge is 0.410 e. The standard InChI is InChI=1S/C32H46ClN5O4/c1-22(2)19-29(37-15-17-38(18-16-37)31(40)41-23(3)4)26-10-9-25(33)20-27(26)24(5)28(11-14-34-21-36(7)8)35-30(39)42-32(6)12-13-32/h9-11,14,20-21,23,28-29H,1,5,12-13,15-19H2,2-4,6-8H3,(H,35,39)/b14-11+,34-21?. The van der Waals surface area contributed by atoms with Crippen molar-refractivity contribution in [3.8, 4) is 0 Å². The van der Waals surface area contributed by atoms with E-state index in [1.54, 1.807) is 23.5 Å². The fourth-order valence-corrected chi connectivity index (χ4v) is 4.91. The molecule has 2 aliphatic rings. The molecule has 1 aromatic carbocycles. The maximum atomic E-state index is 12.9. The number of nitrogens with one attached hydrogen (secondary N) is 1. The number of rotatable bonds is 12. The van der Waals surface area contributed by atoms with Gasteiger partial charge in [0.2, 0.25) is 0 Å². The summed E-state index contributed by atoms with van der Waals surface area (Å²) in [5.74, 6) is 0. The van der Waals surface area contributed by atoms with Crippen LogP contribution in [0.25, 0.3) is 5.57 Å². The first-order chi connectivity index (χ1) is 19.8. The van der Waals surface area contributed by atoms with Crippen molar-refractivity contribution in [2.75, 3.05) is 40.3 Å². The average Bonchev–Trinajstić information content (AvgIpc) is 3.64. The molecule has 2 unspecified atom stereocenters. The van der Waals surface area contributed by atoms with Crippen LogP contribution in [0, 0.1) is 0 Å². The lowest BCUT2D eigenvalue weighted by Gasteiger charge is -2.40. The second-order valence-electron chi connectivity index (χ2n) is 11.9. The van der Waals surface area contributed by atoms with Crippen LogP contribution in [0.15, 0.2) is 54.2 Å². The van der Waals surface area contributed by atoms with E-state index in [0.29, 0.717) is 43.2 Å². The second kappa shape index (κ2) is 14.7. The summed E-state index contributed by atoms with van der Waals surface area (Å²) in [7, 11) is 3.76. The van der Waals surface area contributed by atoms with Crippen molar-refractivity contribution in [2.45, 2.75) is 70.7 Å². The molecule has 9 nitrogen and oxygen atoms in total. The summed E-state index contributed by atoms with van der Waals surface area (Å²) in [6.45, 7) is 18.7. The molecule has 42 heavy (non-hydrogen) atoms. The van der Waals surface area contributed by atoms with Crippen LogP contribution in [-0.2, 0) is 9.47 Å². The predicted octanol–water partition coefficient (Wildman–Crippen LogP) is 6.27. The van der Waals surface area contributed by atoms with E-state index in [4.69, 9.17) is 21.1 Å². The van der Waals surface area contributed by atoms with Crippen LogP contribution in [0.3, 0.4) is 0 Å². The highest BCUT2D eigenvalue weighted by Crippen LogP contribution is 2.39. The molecule has 2 atom stereocenters. The summed E-state index contributed by atoms with van der Waals surface area (Å²) < 4.78 is 11.1. The number of nitrogens with zero attached hydrogens (tertiary/aromatic N) is 4. The molecule has 0 bridgehead atoms. The first kappa shape index (κ1) is 33.2. The molecular weight excluding hydrogens is 554 g/mol. The number of hydrogen-bond donors (Lipinski definition) is 1. The number of piperazine rings is 1. The van der Waals surface area contributed by atoms with Crippen molar-refractivity contribution >= 4 is 35.7 Å². The van der Waals surface area contributed by atoms with Gasteiger partial charge in [0.1, 0.15) is 5.60 Å². The first-order valence-electron chi connectivity index (χ1n) is 14.5. The molecule has 10 heteroatoms. The quantitative estimate of drug-likeness (QED) is 0.173. The minimum absolute atomic E-state index is 0.0384. The Labute approximate surface area is 255 Å². The maximum absolute atomic E-state index is 12.9. The molecule has 1 aromatic rings. The van der Waals surface area contributed by atoms with Crippen LogP contribution in [0.1, 0.15) is 64.1 Å². The van der Waals surface area contributed by atoms with E-state index in [1.165, 1.54) is 0 Å². The van der Waals surface area contributed by atoms with Gasteiger partial charge in [-0.1, -0.05) is 29.8 Å². The van der Waals surface area contributed by atoms with E-state index in [1.807, 2.05) is 64.9 Å². The van der Waals surface area contributed by atoms with E-state index in [0.717, 1.165) is 29.5 Å². The number of alkyl carbamates (subject to hydrolysis) is 1. The fourth-order valence-electron chi connectivity index (χ4n) is 4.74. The van der Waals surface area contributed by atoms with Gasteiger partial charge in [-0.25, -0.2) is 14.6 Å². The minimum Gasteiger partial charge on any atom is -0.447 e. The van der Waals surface area contributed by atoms with Crippen molar-refractivity contribution in [1.82, 2.24) is 20.0 Å².